The number of hydrogen-bond donors (Lipinski definition) is 0. The van der Waals surface area contributed by atoms with E-state index in [0.717, 1.165) is 11.8 Å². The summed E-state index contributed by atoms with van der Waals surface area (Å²) in [5, 5.41) is 0. The Hall–Kier alpha value is -3.46. The Bertz CT molecular complexity index is 1120. The molecule has 0 saturated carbocycles. The maximum Gasteiger partial charge on any atom is 0.416 e. The maximum absolute atomic E-state index is 12.9. The van der Waals surface area contributed by atoms with E-state index in [4.69, 9.17) is 13.9 Å². The van der Waals surface area contributed by atoms with Gasteiger partial charge in [-0.15, -0.1) is 0 Å². The average molecular weight is 489 g/mol. The average Bonchev–Trinajstić information content (AvgIpc) is 3.33. The van der Waals surface area contributed by atoms with Gasteiger partial charge >= 0.3 is 6.18 Å². The number of alkyl halides is 3. The molecule has 0 atom stereocenters. The Balaban J connectivity index is 1.26. The molecular formula is C26H27F3N2O4. The minimum atomic E-state index is -4.36. The molecule has 6 nitrogen and oxygen atoms in total. The second-order valence-corrected chi connectivity index (χ2v) is 8.23. The second kappa shape index (κ2) is 10.9. The van der Waals surface area contributed by atoms with Gasteiger partial charge in [0.15, 0.2) is 5.76 Å². The molecule has 3 aromatic rings. The predicted molar refractivity (Wildman–Crippen MR) is 123 cm³/mol. The lowest BCUT2D eigenvalue weighted by Gasteiger charge is -2.34. The summed E-state index contributed by atoms with van der Waals surface area (Å²) in [6.07, 6.45) is -4.36. The maximum atomic E-state index is 12.9. The van der Waals surface area contributed by atoms with Gasteiger partial charge in [-0.05, 0) is 55.0 Å². The van der Waals surface area contributed by atoms with E-state index < -0.39 is 11.7 Å². The summed E-state index contributed by atoms with van der Waals surface area (Å²) in [7, 11) is 0. The van der Waals surface area contributed by atoms with Crippen molar-refractivity contribution in [1.82, 2.24) is 9.80 Å². The van der Waals surface area contributed by atoms with E-state index in [1.807, 2.05) is 24.0 Å². The van der Waals surface area contributed by atoms with Crippen LogP contribution >= 0.6 is 0 Å². The first-order valence-electron chi connectivity index (χ1n) is 11.4. The molecule has 0 unspecified atom stereocenters. The van der Waals surface area contributed by atoms with Crippen LogP contribution in [0.2, 0.25) is 0 Å². The van der Waals surface area contributed by atoms with Crippen LogP contribution in [-0.4, -0.2) is 48.5 Å². The largest absolute Gasteiger partial charge is 0.494 e. The highest BCUT2D eigenvalue weighted by Gasteiger charge is 2.30. The molecule has 186 valence electrons. The molecule has 0 aliphatic carbocycles. The molecule has 0 bridgehead atoms. The molecule has 1 saturated heterocycles. The van der Waals surface area contributed by atoms with Gasteiger partial charge in [0.25, 0.3) is 5.91 Å². The van der Waals surface area contributed by atoms with E-state index in [2.05, 4.69) is 0 Å². The zero-order valence-electron chi connectivity index (χ0n) is 19.4. The summed E-state index contributed by atoms with van der Waals surface area (Å²) in [6.45, 7) is 5.17. The summed E-state index contributed by atoms with van der Waals surface area (Å²) in [5.74, 6) is 1.98. The molecule has 0 spiro atoms. The number of halogens is 3. The Morgan fingerprint density at radius 2 is 1.63 bits per heavy atom. The molecule has 2 heterocycles. The molecular weight excluding hydrogens is 461 g/mol. The van der Waals surface area contributed by atoms with Crippen molar-refractivity contribution in [3.8, 4) is 11.5 Å². The highest BCUT2D eigenvalue weighted by molar-refractivity contribution is 5.91. The number of rotatable bonds is 8. The smallest absolute Gasteiger partial charge is 0.416 e. The van der Waals surface area contributed by atoms with Gasteiger partial charge in [0, 0.05) is 32.7 Å². The van der Waals surface area contributed by atoms with Crippen molar-refractivity contribution in [2.24, 2.45) is 0 Å². The van der Waals surface area contributed by atoms with Crippen molar-refractivity contribution in [3.63, 3.8) is 0 Å². The van der Waals surface area contributed by atoms with Gasteiger partial charge in [-0.2, -0.15) is 13.2 Å². The van der Waals surface area contributed by atoms with Crippen molar-refractivity contribution in [1.29, 1.82) is 0 Å². The van der Waals surface area contributed by atoms with Gasteiger partial charge in [0.1, 0.15) is 23.9 Å². The van der Waals surface area contributed by atoms with Gasteiger partial charge in [-0.1, -0.05) is 18.2 Å². The number of piperazine rings is 1. The van der Waals surface area contributed by atoms with Gasteiger partial charge in [-0.3, -0.25) is 9.69 Å². The first-order valence-corrected chi connectivity index (χ1v) is 11.4. The molecule has 35 heavy (non-hydrogen) atoms. The SMILES string of the molecule is CCOc1ccc(OCc2ccc(C(=O)N3CCN(Cc4cccc(C(F)(F)F)c4)CC3)o2)cc1. The highest BCUT2D eigenvalue weighted by atomic mass is 19.4. The Labute approximate surface area is 201 Å². The van der Waals surface area contributed by atoms with Crippen LogP contribution < -0.4 is 9.47 Å². The second-order valence-electron chi connectivity index (χ2n) is 8.23. The monoisotopic (exact) mass is 488 g/mol. The number of carbonyl (C=O) groups is 1. The molecule has 2 aromatic carbocycles. The van der Waals surface area contributed by atoms with E-state index in [1.54, 1.807) is 35.2 Å². The fourth-order valence-corrected chi connectivity index (χ4v) is 3.89. The lowest BCUT2D eigenvalue weighted by atomic mass is 10.1. The van der Waals surface area contributed by atoms with Crippen LogP contribution in [0.5, 0.6) is 11.5 Å². The topological polar surface area (TPSA) is 55.2 Å². The van der Waals surface area contributed by atoms with Crippen LogP contribution in [0.1, 0.15) is 34.4 Å². The number of carbonyl (C=O) groups excluding carboxylic acids is 1. The summed E-state index contributed by atoms with van der Waals surface area (Å²) in [6, 6.07) is 16.0. The molecule has 1 aliphatic rings. The van der Waals surface area contributed by atoms with Crippen molar-refractivity contribution < 1.29 is 31.9 Å². The minimum Gasteiger partial charge on any atom is -0.494 e. The molecule has 1 aliphatic heterocycles. The molecule has 1 aromatic heterocycles. The Kier molecular flexibility index (Phi) is 7.65. The fraction of sp³-hybridized carbons (Fsp3) is 0.346. The van der Waals surface area contributed by atoms with Gasteiger partial charge in [0.05, 0.1) is 12.2 Å². The molecule has 9 heteroatoms. The Morgan fingerprint density at radius 1 is 0.943 bits per heavy atom. The number of hydrogen-bond acceptors (Lipinski definition) is 5. The van der Waals surface area contributed by atoms with Crippen molar-refractivity contribution in [2.75, 3.05) is 32.8 Å². The molecule has 0 N–H and O–H groups in total. The molecule has 1 amide bonds. The van der Waals surface area contributed by atoms with Crippen molar-refractivity contribution >= 4 is 5.91 Å². The van der Waals surface area contributed by atoms with Gasteiger partial charge in [0.2, 0.25) is 0 Å². The number of ether oxygens (including phenoxy) is 2. The summed E-state index contributed by atoms with van der Waals surface area (Å²) >= 11 is 0. The molecule has 4 rings (SSSR count). The predicted octanol–water partition coefficient (Wildman–Crippen LogP) is 5.23. The number of amides is 1. The summed E-state index contributed by atoms with van der Waals surface area (Å²) < 4.78 is 55.6. The quantitative estimate of drug-likeness (QED) is 0.435. The minimum absolute atomic E-state index is 0.187. The third-order valence-electron chi connectivity index (χ3n) is 5.71. The van der Waals surface area contributed by atoms with E-state index in [1.165, 1.54) is 12.1 Å². The Morgan fingerprint density at radius 3 is 2.29 bits per heavy atom. The number of nitrogens with zero attached hydrogens (tertiary/aromatic N) is 2. The van der Waals surface area contributed by atoms with Gasteiger partial charge in [-0.25, -0.2) is 0 Å². The third kappa shape index (κ3) is 6.57. The van der Waals surface area contributed by atoms with Crippen molar-refractivity contribution in [2.45, 2.75) is 26.3 Å². The lowest BCUT2D eigenvalue weighted by molar-refractivity contribution is -0.137. The zero-order chi connectivity index (χ0) is 24.8. The molecule has 1 fully saturated rings. The van der Waals surface area contributed by atoms with E-state index >= 15 is 0 Å². The first-order chi connectivity index (χ1) is 16.8. The van der Waals surface area contributed by atoms with Gasteiger partial charge < -0.3 is 18.8 Å². The van der Waals surface area contributed by atoms with Crippen LogP contribution in [0.15, 0.2) is 65.1 Å². The van der Waals surface area contributed by atoms with Crippen LogP contribution in [0.4, 0.5) is 13.2 Å². The van der Waals surface area contributed by atoms with E-state index in [9.17, 15) is 18.0 Å². The van der Waals surface area contributed by atoms with E-state index in [-0.39, 0.29) is 18.3 Å². The summed E-state index contributed by atoms with van der Waals surface area (Å²) in [4.78, 5) is 16.6. The summed E-state index contributed by atoms with van der Waals surface area (Å²) in [5.41, 5.74) is -0.0493. The normalized spacial score (nSPS) is 14.7. The third-order valence-corrected chi connectivity index (χ3v) is 5.71. The van der Waals surface area contributed by atoms with Crippen LogP contribution in [-0.2, 0) is 19.3 Å². The number of furan rings is 1. The van der Waals surface area contributed by atoms with E-state index in [0.29, 0.717) is 56.4 Å². The highest BCUT2D eigenvalue weighted by Crippen LogP contribution is 2.30. The van der Waals surface area contributed by atoms with Crippen LogP contribution in [0.25, 0.3) is 0 Å². The lowest BCUT2D eigenvalue weighted by Crippen LogP contribution is -2.48. The molecule has 0 radical (unpaired) electrons. The van der Waals surface area contributed by atoms with Crippen molar-refractivity contribution in [3.05, 3.63) is 83.3 Å². The standard InChI is InChI=1S/C26H27F3N2O4/c1-2-33-21-6-8-22(9-7-21)34-18-23-10-11-24(35-23)25(32)31-14-12-30(13-15-31)17-19-4-3-5-20(16-19)26(27,28)29/h3-11,16H,2,12-15,17-18H2,1H3. The van der Waals surface area contributed by atoms with Crippen LogP contribution in [0.3, 0.4) is 0 Å². The first kappa shape index (κ1) is 24.7. The zero-order valence-corrected chi connectivity index (χ0v) is 19.4. The fourth-order valence-electron chi connectivity index (χ4n) is 3.89. The van der Waals surface area contributed by atoms with Crippen LogP contribution in [0, 0.1) is 0 Å². The number of benzene rings is 2.